The normalized spacial score (nSPS) is 9.68. The second-order valence-corrected chi connectivity index (χ2v) is 5.03. The van der Waals surface area contributed by atoms with E-state index in [-0.39, 0.29) is 49.8 Å². The van der Waals surface area contributed by atoms with E-state index in [2.05, 4.69) is 13.8 Å². The topological polar surface area (TPSA) is 74.6 Å². The summed E-state index contributed by atoms with van der Waals surface area (Å²) < 4.78 is 31.6. The van der Waals surface area contributed by atoms with Crippen LogP contribution >= 0.6 is 0 Å². The molecule has 0 heterocycles. The predicted octanol–water partition coefficient (Wildman–Crippen LogP) is -1.79. The van der Waals surface area contributed by atoms with Crippen LogP contribution in [-0.4, -0.2) is 17.5 Å². The average molecular weight is 298 g/mol. The smallest absolute Gasteiger partial charge is 1.00 e. The fourth-order valence-electron chi connectivity index (χ4n) is 1.49. The van der Waals surface area contributed by atoms with Gasteiger partial charge >= 0.3 is 58.8 Å². The summed E-state index contributed by atoms with van der Waals surface area (Å²) in [7, 11) is -4.67. The Labute approximate surface area is 155 Å². The van der Waals surface area contributed by atoms with Gasteiger partial charge in [-0.25, -0.2) is 0 Å². The Balaban J connectivity index is -0.0000000821. The van der Waals surface area contributed by atoms with Crippen LogP contribution in [0.3, 0.4) is 0 Å². The quantitative estimate of drug-likeness (QED) is 0.228. The summed E-state index contributed by atoms with van der Waals surface area (Å²) in [6.45, 7) is 6.12. The Hall–Kier alpha value is 1.47. The maximum Gasteiger partial charge on any atom is 1.00 e. The van der Waals surface area contributed by atoms with Crippen molar-refractivity contribution in [2.45, 2.75) is 71.1 Å². The van der Waals surface area contributed by atoms with Crippen molar-refractivity contribution in [3.63, 3.8) is 0 Å². The SMILES string of the molecule is O=S(=O)(O)O.[CH2-]CCCCCCCCCCC.[H-].[Li+].[Na+]. The van der Waals surface area contributed by atoms with E-state index in [1.165, 1.54) is 57.8 Å². The van der Waals surface area contributed by atoms with E-state index in [0.717, 1.165) is 6.42 Å². The molecule has 0 aromatic carbocycles. The van der Waals surface area contributed by atoms with Gasteiger partial charge in [-0.1, -0.05) is 64.7 Å². The van der Waals surface area contributed by atoms with Gasteiger partial charge in [-0.05, 0) is 0 Å². The van der Waals surface area contributed by atoms with Crippen molar-refractivity contribution in [2.75, 3.05) is 0 Å². The van der Waals surface area contributed by atoms with E-state index >= 15 is 0 Å². The Kier molecular flexibility index (Phi) is 32.8. The van der Waals surface area contributed by atoms with E-state index in [9.17, 15) is 0 Å². The average Bonchev–Trinajstić information content (AvgIpc) is 2.20. The van der Waals surface area contributed by atoms with Crippen LogP contribution in [0.1, 0.15) is 72.6 Å². The first-order valence-electron chi connectivity index (χ1n) is 6.41. The molecular weight excluding hydrogens is 270 g/mol. The van der Waals surface area contributed by atoms with Crippen molar-refractivity contribution in [1.82, 2.24) is 0 Å². The third-order valence-electron chi connectivity index (χ3n) is 2.35. The van der Waals surface area contributed by atoms with Crippen LogP contribution in [-0.2, 0) is 10.4 Å². The van der Waals surface area contributed by atoms with Crippen molar-refractivity contribution < 1.29 is 67.4 Å². The number of rotatable bonds is 9. The minimum Gasteiger partial charge on any atom is -1.00 e. The molecule has 0 aromatic rings. The summed E-state index contributed by atoms with van der Waals surface area (Å²) >= 11 is 0. The van der Waals surface area contributed by atoms with Crippen molar-refractivity contribution >= 4 is 10.4 Å². The van der Waals surface area contributed by atoms with Gasteiger partial charge in [0.15, 0.2) is 0 Å². The first kappa shape index (κ1) is 28.6. The van der Waals surface area contributed by atoms with Gasteiger partial charge in [-0.15, -0.1) is 0 Å². The molecule has 2 N–H and O–H groups in total. The molecule has 0 amide bonds. The van der Waals surface area contributed by atoms with Crippen LogP contribution in [0.25, 0.3) is 0 Å². The van der Waals surface area contributed by atoms with Gasteiger partial charge in [-0.3, -0.25) is 9.11 Å². The zero-order valence-electron chi connectivity index (χ0n) is 13.9. The molecule has 0 unspecified atom stereocenters. The fourth-order valence-corrected chi connectivity index (χ4v) is 1.49. The Morgan fingerprint density at radius 3 is 1.42 bits per heavy atom. The first-order chi connectivity index (χ1) is 7.91. The zero-order valence-corrected chi connectivity index (χ0v) is 15.7. The van der Waals surface area contributed by atoms with Gasteiger partial charge in [0.25, 0.3) is 0 Å². The van der Waals surface area contributed by atoms with Crippen LogP contribution < -0.4 is 48.4 Å². The molecule has 4 nitrogen and oxygen atoms in total. The first-order valence-corrected chi connectivity index (χ1v) is 7.80. The van der Waals surface area contributed by atoms with E-state index in [1.807, 2.05) is 0 Å². The van der Waals surface area contributed by atoms with E-state index in [4.69, 9.17) is 17.5 Å². The number of hydrogen-bond donors (Lipinski definition) is 2. The van der Waals surface area contributed by atoms with Gasteiger partial charge in [0.1, 0.15) is 0 Å². The van der Waals surface area contributed by atoms with Gasteiger partial charge in [0, 0.05) is 0 Å². The molecule has 0 saturated heterocycles. The summed E-state index contributed by atoms with van der Waals surface area (Å²) in [5.41, 5.74) is 0. The van der Waals surface area contributed by atoms with Crippen LogP contribution in [0.2, 0.25) is 0 Å². The minimum absolute atomic E-state index is 0. The molecule has 7 heteroatoms. The number of unbranched alkanes of at least 4 members (excludes halogenated alkanes) is 9. The summed E-state index contributed by atoms with van der Waals surface area (Å²) in [4.78, 5) is 0. The maximum absolute atomic E-state index is 8.74. The Bertz CT molecular complexity index is 224. The predicted molar refractivity (Wildman–Crippen MR) is 72.5 cm³/mol. The molecule has 0 aliphatic heterocycles. The van der Waals surface area contributed by atoms with Crippen molar-refractivity contribution in [3.8, 4) is 0 Å². The molecule has 0 bridgehead atoms. The number of hydrogen-bond acceptors (Lipinski definition) is 2. The fraction of sp³-hybridized carbons (Fsp3) is 0.917. The Morgan fingerprint density at radius 2 is 1.16 bits per heavy atom. The van der Waals surface area contributed by atoms with Gasteiger partial charge in [0.2, 0.25) is 0 Å². The molecule has 0 spiro atoms. The molecule has 108 valence electrons. The molecule has 0 radical (unpaired) electrons. The molecule has 0 fully saturated rings. The molecule has 0 aliphatic rings. The van der Waals surface area contributed by atoms with Crippen LogP contribution in [0.4, 0.5) is 0 Å². The van der Waals surface area contributed by atoms with E-state index in [0.29, 0.717) is 0 Å². The third kappa shape index (κ3) is 54.2. The monoisotopic (exact) mass is 298 g/mol. The van der Waals surface area contributed by atoms with Crippen molar-refractivity contribution in [1.29, 1.82) is 0 Å². The van der Waals surface area contributed by atoms with E-state index < -0.39 is 10.4 Å². The minimum atomic E-state index is -4.67. The van der Waals surface area contributed by atoms with Crippen molar-refractivity contribution in [3.05, 3.63) is 6.92 Å². The van der Waals surface area contributed by atoms with Gasteiger partial charge in [-0.2, -0.15) is 14.8 Å². The van der Waals surface area contributed by atoms with Crippen LogP contribution in [0, 0.1) is 6.92 Å². The molecule has 0 saturated carbocycles. The van der Waals surface area contributed by atoms with Crippen LogP contribution in [0.15, 0.2) is 0 Å². The molecule has 0 rings (SSSR count). The summed E-state index contributed by atoms with van der Waals surface area (Å²) in [6.07, 6.45) is 13.9. The third-order valence-corrected chi connectivity index (χ3v) is 2.35. The standard InChI is InChI=1S/C12H25.Li.Na.H2O4S.H/c1-3-5-7-9-11-12-10-8-6-4-2;;;1-5(2,3)4;/h1,3-12H2,2H3;;;(H2,1,2,3,4);/q-1;2*+1;;-1. The second-order valence-electron chi connectivity index (χ2n) is 4.13. The molecule has 0 aliphatic carbocycles. The van der Waals surface area contributed by atoms with Crippen molar-refractivity contribution in [2.24, 2.45) is 0 Å². The zero-order chi connectivity index (χ0) is 13.6. The summed E-state index contributed by atoms with van der Waals surface area (Å²) in [5, 5.41) is 0. The molecule has 19 heavy (non-hydrogen) atoms. The molecular formula is C12H28LiNaO4S. The molecule has 0 aromatic heterocycles. The van der Waals surface area contributed by atoms with E-state index in [1.54, 1.807) is 0 Å². The summed E-state index contributed by atoms with van der Waals surface area (Å²) in [5.74, 6) is 0. The molecule has 0 atom stereocenters. The maximum atomic E-state index is 8.74. The van der Waals surface area contributed by atoms with Gasteiger partial charge in [0.05, 0.1) is 0 Å². The second kappa shape index (κ2) is 21.8. The van der Waals surface area contributed by atoms with Gasteiger partial charge < -0.3 is 8.35 Å². The van der Waals surface area contributed by atoms with Crippen LogP contribution in [0.5, 0.6) is 0 Å². The largest absolute Gasteiger partial charge is 1.00 e. The Morgan fingerprint density at radius 1 is 0.895 bits per heavy atom. The summed E-state index contributed by atoms with van der Waals surface area (Å²) in [6, 6.07) is 0.